The van der Waals surface area contributed by atoms with Crippen molar-refractivity contribution < 1.29 is 28.1 Å². The van der Waals surface area contributed by atoms with Gasteiger partial charge in [-0.3, -0.25) is 4.90 Å². The molecule has 1 fully saturated rings. The molecule has 0 spiro atoms. The van der Waals surface area contributed by atoms with Crippen molar-refractivity contribution in [3.8, 4) is 11.5 Å². The van der Waals surface area contributed by atoms with Crippen LogP contribution in [0.2, 0.25) is 0 Å². The molecule has 2 rings (SSSR count). The van der Waals surface area contributed by atoms with Gasteiger partial charge in [0.25, 0.3) is 0 Å². The van der Waals surface area contributed by atoms with Crippen molar-refractivity contribution in [3.05, 3.63) is 23.8 Å². The first-order chi connectivity index (χ1) is 11.1. The van der Waals surface area contributed by atoms with Crippen molar-refractivity contribution >= 4 is 0 Å². The van der Waals surface area contributed by atoms with E-state index in [2.05, 4.69) is 15.0 Å². The maximum atomic E-state index is 12.5. The molecule has 136 valence electrons. The fourth-order valence-corrected chi connectivity index (χ4v) is 3.09. The van der Waals surface area contributed by atoms with Crippen LogP contribution in [0.1, 0.15) is 25.5 Å². The smallest absolute Gasteiger partial charge is 0.508 e. The van der Waals surface area contributed by atoms with Gasteiger partial charge in [-0.05, 0) is 18.2 Å². The number of phenolic OH excluding ortho intramolecular Hbond substituents is 1. The van der Waals surface area contributed by atoms with E-state index in [1.54, 1.807) is 0 Å². The van der Waals surface area contributed by atoms with Crippen molar-refractivity contribution in [2.75, 3.05) is 32.8 Å². The minimum absolute atomic E-state index is 0.116. The summed E-state index contributed by atoms with van der Waals surface area (Å²) in [6, 6.07) is 3.03. The Morgan fingerprint density at radius 3 is 2.42 bits per heavy atom. The maximum absolute atomic E-state index is 12.5. The molecule has 0 aliphatic carbocycles. The highest BCUT2D eigenvalue weighted by molar-refractivity contribution is 5.42. The Labute approximate surface area is 139 Å². The highest BCUT2D eigenvalue weighted by atomic mass is 19.4. The number of halogens is 3. The fraction of sp³-hybridized carbons (Fsp3) is 0.625. The lowest BCUT2D eigenvalue weighted by Gasteiger charge is -2.43. The Kier molecular flexibility index (Phi) is 5.62. The number of aliphatic hydroxyl groups excluding tert-OH is 1. The Morgan fingerprint density at radius 2 is 1.88 bits per heavy atom. The van der Waals surface area contributed by atoms with Crippen LogP contribution < -0.4 is 10.1 Å². The summed E-state index contributed by atoms with van der Waals surface area (Å²) < 4.78 is 41.4. The first-order valence-corrected chi connectivity index (χ1v) is 7.78. The van der Waals surface area contributed by atoms with E-state index in [9.17, 15) is 23.4 Å². The van der Waals surface area contributed by atoms with E-state index in [4.69, 9.17) is 0 Å². The minimum Gasteiger partial charge on any atom is -0.508 e. The van der Waals surface area contributed by atoms with Gasteiger partial charge in [-0.2, -0.15) is 0 Å². The third-order valence-corrected chi connectivity index (χ3v) is 4.19. The molecule has 1 aromatic rings. The molecule has 1 heterocycles. The zero-order valence-corrected chi connectivity index (χ0v) is 13.7. The minimum atomic E-state index is -4.80. The van der Waals surface area contributed by atoms with Crippen molar-refractivity contribution in [1.82, 2.24) is 10.2 Å². The second-order valence-electron chi connectivity index (χ2n) is 6.60. The molecular weight excluding hydrogens is 325 g/mol. The number of phenols is 1. The number of aromatic hydroxyl groups is 1. The Bertz CT molecular complexity index is 558. The van der Waals surface area contributed by atoms with E-state index >= 15 is 0 Å². The standard InChI is InChI=1S/C16H23F3N2O3/c1-15(2,10-22)14(21-7-5-20-6-8-21)12-9-11(3-4-13(12)23)24-16(17,18)19/h3-4,9,14,20,22-23H,5-8,10H2,1-2H3/t14-/m1/s1. The average Bonchev–Trinajstić information content (AvgIpc) is 2.50. The van der Waals surface area contributed by atoms with Crippen molar-refractivity contribution in [2.24, 2.45) is 5.41 Å². The molecule has 0 unspecified atom stereocenters. The number of benzene rings is 1. The molecule has 1 atom stereocenters. The molecule has 1 saturated heterocycles. The zero-order valence-electron chi connectivity index (χ0n) is 13.7. The molecule has 0 radical (unpaired) electrons. The fourth-order valence-electron chi connectivity index (χ4n) is 3.09. The zero-order chi connectivity index (χ0) is 18.0. The number of rotatable bonds is 5. The molecule has 8 heteroatoms. The predicted molar refractivity (Wildman–Crippen MR) is 82.8 cm³/mol. The number of nitrogens with one attached hydrogen (secondary N) is 1. The van der Waals surface area contributed by atoms with E-state index in [1.807, 2.05) is 13.8 Å². The number of aliphatic hydroxyl groups is 1. The highest BCUT2D eigenvalue weighted by Gasteiger charge is 2.38. The van der Waals surface area contributed by atoms with E-state index in [1.165, 1.54) is 12.1 Å². The summed E-state index contributed by atoms with van der Waals surface area (Å²) in [7, 11) is 0. The molecule has 1 aromatic carbocycles. The van der Waals surface area contributed by atoms with Gasteiger partial charge in [0.2, 0.25) is 0 Å². The van der Waals surface area contributed by atoms with Crippen LogP contribution in [0, 0.1) is 5.41 Å². The Morgan fingerprint density at radius 1 is 1.25 bits per heavy atom. The molecule has 0 aromatic heterocycles. The van der Waals surface area contributed by atoms with Crippen LogP contribution in [0.5, 0.6) is 11.5 Å². The van der Waals surface area contributed by atoms with Gasteiger partial charge in [-0.15, -0.1) is 13.2 Å². The van der Waals surface area contributed by atoms with Crippen LogP contribution in [0.4, 0.5) is 13.2 Å². The van der Waals surface area contributed by atoms with Gasteiger partial charge >= 0.3 is 6.36 Å². The number of ether oxygens (including phenoxy) is 1. The topological polar surface area (TPSA) is 65.0 Å². The number of piperazine rings is 1. The van der Waals surface area contributed by atoms with Gasteiger partial charge in [0.15, 0.2) is 0 Å². The molecule has 1 aliphatic heterocycles. The first kappa shape index (κ1) is 18.8. The van der Waals surface area contributed by atoms with Crippen LogP contribution >= 0.6 is 0 Å². The second kappa shape index (κ2) is 7.16. The lowest BCUT2D eigenvalue weighted by molar-refractivity contribution is -0.274. The third kappa shape index (κ3) is 4.52. The predicted octanol–water partition coefficient (Wildman–Crippen LogP) is 2.26. The van der Waals surface area contributed by atoms with E-state index in [0.29, 0.717) is 18.7 Å². The molecule has 0 saturated carbocycles. The van der Waals surface area contributed by atoms with Crippen molar-refractivity contribution in [2.45, 2.75) is 26.3 Å². The lowest BCUT2D eigenvalue weighted by atomic mass is 9.79. The maximum Gasteiger partial charge on any atom is 0.573 e. The Hall–Kier alpha value is -1.51. The molecule has 3 N–H and O–H groups in total. The largest absolute Gasteiger partial charge is 0.573 e. The molecule has 0 bridgehead atoms. The van der Waals surface area contributed by atoms with E-state index in [0.717, 1.165) is 19.2 Å². The summed E-state index contributed by atoms with van der Waals surface area (Å²) in [4.78, 5) is 2.05. The van der Waals surface area contributed by atoms with Crippen LogP contribution in [-0.4, -0.2) is 54.3 Å². The number of hydrogen-bond acceptors (Lipinski definition) is 5. The monoisotopic (exact) mass is 348 g/mol. The SMILES string of the molecule is CC(C)(CO)[C@@H](c1cc(OC(F)(F)F)ccc1O)N1CCNCC1. The molecule has 0 amide bonds. The van der Waals surface area contributed by atoms with Gasteiger partial charge in [-0.25, -0.2) is 0 Å². The summed E-state index contributed by atoms with van der Waals surface area (Å²) in [5.41, 5.74) is -0.344. The molecule has 5 nitrogen and oxygen atoms in total. The van der Waals surface area contributed by atoms with Crippen LogP contribution in [0.15, 0.2) is 18.2 Å². The number of alkyl halides is 3. The van der Waals surface area contributed by atoms with Crippen LogP contribution in [-0.2, 0) is 0 Å². The van der Waals surface area contributed by atoms with Crippen molar-refractivity contribution in [1.29, 1.82) is 0 Å². The summed E-state index contributed by atoms with van der Waals surface area (Å²) in [5.74, 6) is -0.501. The van der Waals surface area contributed by atoms with Crippen LogP contribution in [0.25, 0.3) is 0 Å². The summed E-state index contributed by atoms with van der Waals surface area (Å²) in [6.07, 6.45) is -4.80. The highest BCUT2D eigenvalue weighted by Crippen LogP contribution is 2.43. The number of hydrogen-bond donors (Lipinski definition) is 3. The molecular formula is C16H23F3N2O3. The van der Waals surface area contributed by atoms with Gasteiger partial charge in [0.05, 0.1) is 0 Å². The van der Waals surface area contributed by atoms with E-state index < -0.39 is 17.8 Å². The van der Waals surface area contributed by atoms with Gasteiger partial charge in [-0.1, -0.05) is 13.8 Å². The van der Waals surface area contributed by atoms with Gasteiger partial charge in [0, 0.05) is 49.8 Å². The summed E-state index contributed by atoms with van der Waals surface area (Å²) >= 11 is 0. The first-order valence-electron chi connectivity index (χ1n) is 7.78. The third-order valence-electron chi connectivity index (χ3n) is 4.19. The second-order valence-corrected chi connectivity index (χ2v) is 6.60. The van der Waals surface area contributed by atoms with E-state index in [-0.39, 0.29) is 18.1 Å². The van der Waals surface area contributed by atoms with Gasteiger partial charge < -0.3 is 20.3 Å². The lowest BCUT2D eigenvalue weighted by Crippen LogP contribution is -2.49. The average molecular weight is 348 g/mol. The molecule has 1 aliphatic rings. The summed E-state index contributed by atoms with van der Waals surface area (Å²) in [6.45, 7) is 6.25. The normalized spacial score (nSPS) is 18.4. The Balaban J connectivity index is 2.42. The van der Waals surface area contributed by atoms with Crippen LogP contribution in [0.3, 0.4) is 0 Å². The molecule has 24 heavy (non-hydrogen) atoms. The van der Waals surface area contributed by atoms with Crippen molar-refractivity contribution in [3.63, 3.8) is 0 Å². The quantitative estimate of drug-likeness (QED) is 0.762. The van der Waals surface area contributed by atoms with Gasteiger partial charge in [0.1, 0.15) is 11.5 Å². The summed E-state index contributed by atoms with van der Waals surface area (Å²) in [5, 5.41) is 23.2. The number of nitrogens with zero attached hydrogens (tertiary/aromatic N) is 1.